The fourth-order valence-electron chi connectivity index (χ4n) is 4.45. The van der Waals surface area contributed by atoms with E-state index in [4.69, 9.17) is 9.84 Å². The Kier molecular flexibility index (Phi) is 6.52. The number of ether oxygens (including phenoxy) is 2. The molecule has 0 heterocycles. The number of hydrogen-bond donors (Lipinski definition) is 3. The Bertz CT molecular complexity index is 1060. The van der Waals surface area contributed by atoms with Gasteiger partial charge in [-0.15, -0.1) is 0 Å². The molecular weight excluding hydrogens is 450 g/mol. The second-order valence-corrected chi connectivity index (χ2v) is 8.32. The number of carboxylic acids is 1. The normalized spacial score (nSPS) is 20.6. The number of carbonyl (C=O) groups excluding carboxylic acids is 2. The van der Waals surface area contributed by atoms with Crippen LogP contribution in [0.25, 0.3) is 11.1 Å². The zero-order valence-electron chi connectivity index (χ0n) is 18.3. The Morgan fingerprint density at radius 3 is 2.21 bits per heavy atom. The van der Waals surface area contributed by atoms with Crippen molar-refractivity contribution in [1.29, 1.82) is 0 Å². The van der Waals surface area contributed by atoms with E-state index in [1.54, 1.807) is 0 Å². The lowest BCUT2D eigenvalue weighted by Crippen LogP contribution is -2.45. The lowest BCUT2D eigenvalue weighted by atomic mass is 9.98. The summed E-state index contributed by atoms with van der Waals surface area (Å²) in [5.41, 5.74) is 4.16. The highest BCUT2D eigenvalue weighted by molar-refractivity contribution is 5.88. The molecule has 2 aliphatic carbocycles. The largest absolute Gasteiger partial charge is 0.480 e. The molecule has 2 aromatic rings. The van der Waals surface area contributed by atoms with Crippen molar-refractivity contribution < 1.29 is 37.7 Å². The number of amides is 2. The number of fused-ring (bicyclic) bond motifs is 3. The molecule has 0 spiro atoms. The van der Waals surface area contributed by atoms with E-state index in [1.165, 1.54) is 7.11 Å². The van der Waals surface area contributed by atoms with Crippen LogP contribution in [0.4, 0.5) is 13.6 Å². The number of aliphatic carboxylic acids is 1. The lowest BCUT2D eigenvalue weighted by Gasteiger charge is -2.14. The van der Waals surface area contributed by atoms with Gasteiger partial charge >= 0.3 is 12.1 Å². The standard InChI is InChI=1S/C24H24F2N2O6/c1-33-12-19(22(30)31)28-21(29)20-18(24(20,25)26)10-27-23(32)34-11-17-15-8-4-2-6-13(15)14-7-3-5-9-16(14)17/h2-9,17-20H,10-12H2,1H3,(H,27,32)(H,28,29)(H,30,31). The summed E-state index contributed by atoms with van der Waals surface area (Å²) < 4.78 is 38.3. The van der Waals surface area contributed by atoms with Crippen LogP contribution in [0.15, 0.2) is 48.5 Å². The summed E-state index contributed by atoms with van der Waals surface area (Å²) in [7, 11) is 1.23. The number of carbonyl (C=O) groups is 3. The highest BCUT2D eigenvalue weighted by Crippen LogP contribution is 2.55. The molecule has 2 aliphatic rings. The first-order valence-electron chi connectivity index (χ1n) is 10.7. The molecule has 1 saturated carbocycles. The Hall–Kier alpha value is -3.53. The van der Waals surface area contributed by atoms with Crippen LogP contribution < -0.4 is 10.6 Å². The van der Waals surface area contributed by atoms with Crippen LogP contribution >= 0.6 is 0 Å². The average molecular weight is 474 g/mol. The number of methoxy groups -OCH3 is 1. The SMILES string of the molecule is COCC(NC(=O)C1C(CNC(=O)OCC2c3ccccc3-c3ccccc32)C1(F)F)C(=O)O. The second-order valence-electron chi connectivity index (χ2n) is 8.32. The van der Waals surface area contributed by atoms with Crippen LogP contribution in [0.5, 0.6) is 0 Å². The molecule has 2 aromatic carbocycles. The van der Waals surface area contributed by atoms with Crippen molar-refractivity contribution in [2.24, 2.45) is 11.8 Å². The Morgan fingerprint density at radius 1 is 1.06 bits per heavy atom. The third-order valence-electron chi connectivity index (χ3n) is 6.24. The van der Waals surface area contributed by atoms with E-state index < -0.39 is 48.3 Å². The van der Waals surface area contributed by atoms with Crippen LogP contribution in [0, 0.1) is 11.8 Å². The third-order valence-corrected chi connectivity index (χ3v) is 6.24. The van der Waals surface area contributed by atoms with Gasteiger partial charge in [-0.25, -0.2) is 18.4 Å². The minimum atomic E-state index is -3.36. The third kappa shape index (κ3) is 4.45. The van der Waals surface area contributed by atoms with Gasteiger partial charge in [0.2, 0.25) is 5.91 Å². The topological polar surface area (TPSA) is 114 Å². The molecular formula is C24H24F2N2O6. The first-order valence-corrected chi connectivity index (χ1v) is 10.7. The first-order chi connectivity index (χ1) is 16.3. The molecule has 1 fully saturated rings. The van der Waals surface area contributed by atoms with Gasteiger partial charge < -0.3 is 25.2 Å². The van der Waals surface area contributed by atoms with Crippen molar-refractivity contribution in [1.82, 2.24) is 10.6 Å². The monoisotopic (exact) mass is 474 g/mol. The van der Waals surface area contributed by atoms with E-state index in [0.717, 1.165) is 22.3 Å². The van der Waals surface area contributed by atoms with Gasteiger partial charge in [0.05, 0.1) is 12.5 Å². The zero-order chi connectivity index (χ0) is 24.5. The molecule has 0 aromatic heterocycles. The van der Waals surface area contributed by atoms with E-state index >= 15 is 0 Å². The highest BCUT2D eigenvalue weighted by Gasteiger charge is 2.71. The Balaban J connectivity index is 1.31. The molecule has 0 radical (unpaired) electrons. The molecule has 10 heteroatoms. The number of halogens is 2. The number of rotatable bonds is 9. The van der Waals surface area contributed by atoms with Crippen LogP contribution in [0.2, 0.25) is 0 Å². The van der Waals surface area contributed by atoms with Crippen molar-refractivity contribution in [2.75, 3.05) is 26.9 Å². The summed E-state index contributed by atoms with van der Waals surface area (Å²) in [5, 5.41) is 13.4. The van der Waals surface area contributed by atoms with Crippen LogP contribution in [0.1, 0.15) is 17.0 Å². The van der Waals surface area contributed by atoms with E-state index in [9.17, 15) is 23.2 Å². The van der Waals surface area contributed by atoms with Gasteiger partial charge in [-0.1, -0.05) is 48.5 Å². The van der Waals surface area contributed by atoms with Crippen molar-refractivity contribution in [3.05, 3.63) is 59.7 Å². The minimum absolute atomic E-state index is 0.0299. The second kappa shape index (κ2) is 9.38. The summed E-state index contributed by atoms with van der Waals surface area (Å²) in [6, 6.07) is 14.1. The summed E-state index contributed by atoms with van der Waals surface area (Å²) in [6.07, 6.45) is -0.869. The van der Waals surface area contributed by atoms with Gasteiger partial charge in [-0.3, -0.25) is 4.79 Å². The fraction of sp³-hybridized carbons (Fsp3) is 0.375. The molecule has 3 N–H and O–H groups in total. The Morgan fingerprint density at radius 2 is 1.65 bits per heavy atom. The number of alkyl halides is 2. The fourth-order valence-corrected chi connectivity index (χ4v) is 4.45. The van der Waals surface area contributed by atoms with E-state index in [1.807, 2.05) is 53.8 Å². The predicted octanol–water partition coefficient (Wildman–Crippen LogP) is 2.62. The molecule has 0 saturated heterocycles. The molecule has 4 rings (SSSR count). The quantitative estimate of drug-likeness (QED) is 0.515. The number of alkyl carbamates (subject to hydrolysis) is 1. The van der Waals surface area contributed by atoms with Crippen LogP contribution in [-0.4, -0.2) is 61.9 Å². The molecule has 2 amide bonds. The smallest absolute Gasteiger partial charge is 0.407 e. The number of carboxylic acid groups (broad SMARTS) is 1. The average Bonchev–Trinajstić information content (AvgIpc) is 3.22. The highest BCUT2D eigenvalue weighted by atomic mass is 19.3. The summed E-state index contributed by atoms with van der Waals surface area (Å²) in [4.78, 5) is 35.5. The molecule has 8 nitrogen and oxygen atoms in total. The molecule has 0 bridgehead atoms. The number of nitrogens with one attached hydrogen (secondary N) is 2. The van der Waals surface area contributed by atoms with Gasteiger partial charge in [0.1, 0.15) is 12.5 Å². The van der Waals surface area contributed by atoms with Crippen molar-refractivity contribution in [3.63, 3.8) is 0 Å². The van der Waals surface area contributed by atoms with E-state index in [2.05, 4.69) is 10.1 Å². The van der Waals surface area contributed by atoms with Crippen molar-refractivity contribution in [2.45, 2.75) is 17.9 Å². The van der Waals surface area contributed by atoms with E-state index in [0.29, 0.717) is 0 Å². The van der Waals surface area contributed by atoms with Gasteiger partial charge in [0.15, 0.2) is 6.04 Å². The lowest BCUT2D eigenvalue weighted by molar-refractivity contribution is -0.143. The zero-order valence-corrected chi connectivity index (χ0v) is 18.3. The summed E-state index contributed by atoms with van der Waals surface area (Å²) in [5.74, 6) is -9.23. The molecule has 0 aliphatic heterocycles. The number of hydrogen-bond acceptors (Lipinski definition) is 5. The maximum Gasteiger partial charge on any atom is 0.407 e. The Labute approximate surface area is 194 Å². The van der Waals surface area contributed by atoms with Crippen LogP contribution in [0.3, 0.4) is 0 Å². The molecule has 3 unspecified atom stereocenters. The molecule has 180 valence electrons. The van der Waals surface area contributed by atoms with Gasteiger partial charge in [0, 0.05) is 19.6 Å². The van der Waals surface area contributed by atoms with E-state index in [-0.39, 0.29) is 19.1 Å². The minimum Gasteiger partial charge on any atom is -0.480 e. The van der Waals surface area contributed by atoms with Crippen LogP contribution in [-0.2, 0) is 19.1 Å². The molecule has 3 atom stereocenters. The number of benzene rings is 2. The predicted molar refractivity (Wildman–Crippen MR) is 116 cm³/mol. The first kappa shape index (κ1) is 23.6. The van der Waals surface area contributed by atoms with Gasteiger partial charge in [-0.2, -0.15) is 0 Å². The maximum atomic E-state index is 14.1. The van der Waals surface area contributed by atoms with Gasteiger partial charge in [-0.05, 0) is 22.3 Å². The van der Waals surface area contributed by atoms with Gasteiger partial charge in [0.25, 0.3) is 5.92 Å². The van der Waals surface area contributed by atoms with Crippen molar-refractivity contribution in [3.8, 4) is 11.1 Å². The van der Waals surface area contributed by atoms with Crippen molar-refractivity contribution >= 4 is 18.0 Å². The maximum absolute atomic E-state index is 14.1. The summed E-state index contributed by atoms with van der Waals surface area (Å²) in [6.45, 7) is -0.812. The summed E-state index contributed by atoms with van der Waals surface area (Å²) >= 11 is 0. The molecule has 34 heavy (non-hydrogen) atoms.